The second kappa shape index (κ2) is 16.7. The summed E-state index contributed by atoms with van der Waals surface area (Å²) in [5, 5.41) is 3.11. The maximum absolute atomic E-state index is 3.11. The Morgan fingerprint density at radius 3 is 1.43 bits per heavy atom. The molecule has 0 saturated heterocycles. The molecule has 0 bridgehead atoms. The van der Waals surface area contributed by atoms with Crippen molar-refractivity contribution >= 4 is 8.41 Å². The molecule has 0 unspecified atom stereocenters. The summed E-state index contributed by atoms with van der Waals surface area (Å²) in [6.07, 6.45) is 0. The Balaban J connectivity index is -0.0000000800. The van der Waals surface area contributed by atoms with Crippen LogP contribution in [0.2, 0.25) is 0 Å². The molecule has 0 atom stereocenters. The molecule has 0 aromatic heterocycles. The molecule has 7 heavy (non-hydrogen) atoms. The molecule has 0 rings (SSSR count). The Morgan fingerprint density at radius 2 is 1.43 bits per heavy atom. The maximum Gasteiger partial charge on any atom is 0.0814 e. The van der Waals surface area contributed by atoms with Gasteiger partial charge in [0.25, 0.3) is 0 Å². The lowest BCUT2D eigenvalue weighted by Crippen LogP contribution is -2.09. The average Bonchev–Trinajstić information content (AvgIpc) is 1.41. The van der Waals surface area contributed by atoms with Gasteiger partial charge in [0.05, 0.1) is 8.41 Å². The first kappa shape index (κ1) is 15.8. The van der Waals surface area contributed by atoms with Crippen molar-refractivity contribution in [1.82, 2.24) is 5.32 Å². The van der Waals surface area contributed by atoms with E-state index in [2.05, 4.69) is 19.2 Å². The first-order chi connectivity index (χ1) is 2.41. The van der Waals surface area contributed by atoms with Crippen LogP contribution >= 0.6 is 0 Å². The lowest BCUT2D eigenvalue weighted by molar-refractivity contribution is 0.762. The van der Waals surface area contributed by atoms with Crippen molar-refractivity contribution in [2.24, 2.45) is 0 Å². The van der Waals surface area contributed by atoms with Gasteiger partial charge in [0.2, 0.25) is 0 Å². The molecule has 0 aromatic carbocycles. The molecule has 3 heteroatoms. The minimum Gasteiger partial charge on any atom is -0.317 e. The fourth-order valence-electron chi connectivity index (χ4n) is 0.250. The first-order valence-electron chi connectivity index (χ1n) is 2.12. The monoisotopic (exact) mass is 107 g/mol. The summed E-state index contributed by atoms with van der Waals surface area (Å²) < 4.78 is 0. The quantitative estimate of drug-likeness (QED) is 0.473. The Hall–Kier alpha value is -0.0451. The van der Waals surface area contributed by atoms with Crippen LogP contribution < -0.4 is 5.32 Å². The second-order valence-electron chi connectivity index (χ2n) is 0.957. The van der Waals surface area contributed by atoms with Crippen molar-refractivity contribution < 1.29 is 4.70 Å². The van der Waals surface area contributed by atoms with Gasteiger partial charge in [0.15, 0.2) is 0 Å². The average molecular weight is 107 g/mol. The van der Waals surface area contributed by atoms with Gasteiger partial charge in [-0.05, 0) is 13.1 Å². The van der Waals surface area contributed by atoms with Gasteiger partial charge in [-0.15, -0.1) is 0 Å². The minimum atomic E-state index is 0. The van der Waals surface area contributed by atoms with E-state index in [0.29, 0.717) is 0 Å². The molecule has 1 N–H and O–H groups in total. The number of hydrogen-bond donors (Lipinski definition) is 1. The fraction of sp³-hybridized carbons (Fsp3) is 1.00. The normalized spacial score (nSPS) is 6.00. The van der Waals surface area contributed by atoms with Crippen LogP contribution in [0.5, 0.6) is 0 Å². The largest absolute Gasteiger partial charge is 0.317 e. The van der Waals surface area contributed by atoms with Gasteiger partial charge in [0.1, 0.15) is 0 Å². The van der Waals surface area contributed by atoms with Crippen LogP contribution in [0.25, 0.3) is 0 Å². The second-order valence-corrected chi connectivity index (χ2v) is 0.957. The van der Waals surface area contributed by atoms with E-state index in [1.807, 2.05) is 0 Å². The van der Waals surface area contributed by atoms with Crippen molar-refractivity contribution in [3.8, 4) is 0 Å². The van der Waals surface area contributed by atoms with E-state index in [1.54, 1.807) is 0 Å². The number of halogens is 1. The van der Waals surface area contributed by atoms with Gasteiger partial charge in [-0.1, -0.05) is 13.8 Å². The van der Waals surface area contributed by atoms with E-state index in [1.165, 1.54) is 0 Å². The molecule has 0 aliphatic carbocycles. The summed E-state index contributed by atoms with van der Waals surface area (Å²) in [6, 6.07) is 0. The van der Waals surface area contributed by atoms with Crippen LogP contribution in [0.4, 0.5) is 4.70 Å². The van der Waals surface area contributed by atoms with E-state index >= 15 is 0 Å². The minimum absolute atomic E-state index is 0. The van der Waals surface area contributed by atoms with Crippen molar-refractivity contribution in [2.75, 3.05) is 13.1 Å². The van der Waals surface area contributed by atoms with Gasteiger partial charge >= 0.3 is 0 Å². The molecule has 0 amide bonds. The van der Waals surface area contributed by atoms with Crippen LogP contribution in [0.3, 0.4) is 0 Å². The number of hydrogen-bond acceptors (Lipinski definition) is 1. The lowest BCUT2D eigenvalue weighted by atomic mass is 10.7. The van der Waals surface area contributed by atoms with Gasteiger partial charge in [-0.2, -0.15) is 0 Å². The van der Waals surface area contributed by atoms with Crippen LogP contribution in [-0.4, -0.2) is 21.5 Å². The molecule has 0 aliphatic heterocycles. The molecule has 0 spiro atoms. The molecule has 1 nitrogen and oxygen atoms in total. The third-order valence-electron chi connectivity index (χ3n) is 0.500. The van der Waals surface area contributed by atoms with Gasteiger partial charge in [0, 0.05) is 0 Å². The molecule has 0 radical (unpaired) electrons. The first-order valence-corrected chi connectivity index (χ1v) is 2.12. The Labute approximate surface area is 46.4 Å². The summed E-state index contributed by atoms with van der Waals surface area (Å²) in [5.74, 6) is 0. The standard InChI is InChI=1S/C4H11N.BH3.FH/c1-3-5-4-2;;/h5H,3-4H2,1-2H3;1H3;1H. The van der Waals surface area contributed by atoms with Crippen LogP contribution in [0, 0.1) is 0 Å². The molecule has 46 valence electrons. The topological polar surface area (TPSA) is 12.0 Å². The summed E-state index contributed by atoms with van der Waals surface area (Å²) in [7, 11) is 0. The Morgan fingerprint density at radius 1 is 1.14 bits per heavy atom. The predicted molar refractivity (Wildman–Crippen MR) is 36.7 cm³/mol. The highest BCUT2D eigenvalue weighted by atomic mass is 19.0. The highest BCUT2D eigenvalue weighted by Gasteiger charge is 1.62. The predicted octanol–water partition coefficient (Wildman–Crippen LogP) is -0.416. The molecular formula is C4H15BFN. The summed E-state index contributed by atoms with van der Waals surface area (Å²) in [4.78, 5) is 0. The van der Waals surface area contributed by atoms with Crippen molar-refractivity contribution in [1.29, 1.82) is 0 Å². The lowest BCUT2D eigenvalue weighted by Gasteiger charge is -1.86. The number of rotatable bonds is 2. The summed E-state index contributed by atoms with van der Waals surface area (Å²) >= 11 is 0. The zero-order valence-electron chi connectivity index (χ0n) is 4.32. The van der Waals surface area contributed by atoms with Gasteiger partial charge in [-0.3, -0.25) is 4.70 Å². The fourth-order valence-corrected chi connectivity index (χ4v) is 0.250. The number of nitrogens with one attached hydrogen (secondary N) is 1. The zero-order chi connectivity index (χ0) is 4.12. The SMILES string of the molecule is B.CCNCC.F. The van der Waals surface area contributed by atoms with Crippen molar-refractivity contribution in [3.63, 3.8) is 0 Å². The molecule has 0 aromatic rings. The van der Waals surface area contributed by atoms with Crippen molar-refractivity contribution in [3.05, 3.63) is 0 Å². The molecule has 0 aliphatic rings. The Bertz CT molecular complexity index is 19.2. The smallest absolute Gasteiger partial charge is 0.0814 e. The van der Waals surface area contributed by atoms with Gasteiger partial charge < -0.3 is 5.32 Å². The van der Waals surface area contributed by atoms with Crippen molar-refractivity contribution in [2.45, 2.75) is 13.8 Å². The van der Waals surface area contributed by atoms with E-state index in [9.17, 15) is 0 Å². The van der Waals surface area contributed by atoms with Crippen LogP contribution in [0.15, 0.2) is 0 Å². The maximum atomic E-state index is 3.11. The third kappa shape index (κ3) is 24.4. The van der Waals surface area contributed by atoms with E-state index in [0.717, 1.165) is 13.1 Å². The van der Waals surface area contributed by atoms with E-state index < -0.39 is 0 Å². The highest BCUT2D eigenvalue weighted by molar-refractivity contribution is 5.75. The van der Waals surface area contributed by atoms with Crippen LogP contribution in [0.1, 0.15) is 13.8 Å². The van der Waals surface area contributed by atoms with Gasteiger partial charge in [-0.25, -0.2) is 0 Å². The molecule has 0 saturated carbocycles. The third-order valence-corrected chi connectivity index (χ3v) is 0.500. The zero-order valence-corrected chi connectivity index (χ0v) is 4.32. The summed E-state index contributed by atoms with van der Waals surface area (Å²) in [5.41, 5.74) is 0. The summed E-state index contributed by atoms with van der Waals surface area (Å²) in [6.45, 7) is 6.39. The molecule has 0 fully saturated rings. The highest BCUT2D eigenvalue weighted by Crippen LogP contribution is 1.47. The molecule has 0 heterocycles. The van der Waals surface area contributed by atoms with Crippen LogP contribution in [-0.2, 0) is 0 Å². The Kier molecular flexibility index (Phi) is 37.7. The van der Waals surface area contributed by atoms with E-state index in [4.69, 9.17) is 0 Å². The van der Waals surface area contributed by atoms with E-state index in [-0.39, 0.29) is 13.1 Å². The molecular weight excluding hydrogens is 91.9 g/mol.